The number of likely N-dealkylation sites (N-methyl/N-ethyl adjacent to an activating group) is 1. The number of carbonyl (C=O) groups excluding carboxylic acids is 1. The summed E-state index contributed by atoms with van der Waals surface area (Å²) in [6.07, 6.45) is 0.411. The Morgan fingerprint density at radius 3 is 2.69 bits per heavy atom. The first-order valence-corrected chi connectivity index (χ1v) is 12.1. The van der Waals surface area contributed by atoms with E-state index in [4.69, 9.17) is 0 Å². The summed E-state index contributed by atoms with van der Waals surface area (Å²) in [5.74, 6) is -0.0919. The molecule has 1 heterocycles. The minimum Gasteiger partial charge on any atom is -0.325 e. The number of hydrogen-bond acceptors (Lipinski definition) is 5. The van der Waals surface area contributed by atoms with E-state index in [0.29, 0.717) is 25.2 Å². The van der Waals surface area contributed by atoms with E-state index in [1.54, 1.807) is 30.0 Å². The topological polar surface area (TPSA) is 78.5 Å². The van der Waals surface area contributed by atoms with Crippen LogP contribution in [0.2, 0.25) is 0 Å². The third-order valence-electron chi connectivity index (χ3n) is 4.75. The summed E-state index contributed by atoms with van der Waals surface area (Å²) in [7, 11) is -3.65. The van der Waals surface area contributed by atoms with Gasteiger partial charge in [0.05, 0.1) is 10.6 Å². The van der Waals surface area contributed by atoms with Crippen LogP contribution in [0.4, 0.5) is 5.69 Å². The maximum Gasteiger partial charge on any atom is 0.240 e. The summed E-state index contributed by atoms with van der Waals surface area (Å²) >= 11 is 1.58. The minimum absolute atomic E-state index is 0.0919. The Labute approximate surface area is 177 Å². The normalized spacial score (nSPS) is 16.9. The number of thioether (sulfide) groups is 1. The molecule has 2 aromatic carbocycles. The van der Waals surface area contributed by atoms with Crippen LogP contribution >= 0.6 is 11.8 Å². The van der Waals surface area contributed by atoms with Gasteiger partial charge in [0, 0.05) is 36.2 Å². The zero-order valence-corrected chi connectivity index (χ0v) is 18.4. The van der Waals surface area contributed by atoms with Crippen molar-refractivity contribution >= 4 is 33.4 Å². The fourth-order valence-corrected chi connectivity index (χ4v) is 5.31. The highest BCUT2D eigenvalue weighted by atomic mass is 32.2. The van der Waals surface area contributed by atoms with Crippen molar-refractivity contribution in [3.8, 4) is 0 Å². The molecule has 0 saturated carbocycles. The van der Waals surface area contributed by atoms with Crippen LogP contribution in [-0.4, -0.2) is 44.1 Å². The summed E-state index contributed by atoms with van der Waals surface area (Å²) in [6, 6.07) is 15.0. The van der Waals surface area contributed by atoms with E-state index in [-0.39, 0.29) is 16.1 Å². The third kappa shape index (κ3) is 6.05. The van der Waals surface area contributed by atoms with Crippen LogP contribution in [0.15, 0.2) is 58.3 Å². The number of nitrogens with zero attached hydrogens (tertiary/aromatic N) is 1. The number of fused-ring (bicyclic) bond motifs is 1. The Kier molecular flexibility index (Phi) is 7.34. The quantitative estimate of drug-likeness (QED) is 0.668. The summed E-state index contributed by atoms with van der Waals surface area (Å²) in [6.45, 7) is 6.58. The van der Waals surface area contributed by atoms with Crippen LogP contribution in [0.5, 0.6) is 0 Å². The Morgan fingerprint density at radius 1 is 1.21 bits per heavy atom. The molecule has 0 fully saturated rings. The molecule has 8 heteroatoms. The molecule has 0 bridgehead atoms. The van der Waals surface area contributed by atoms with Crippen molar-refractivity contribution in [2.45, 2.75) is 41.9 Å². The van der Waals surface area contributed by atoms with Gasteiger partial charge in [-0.25, -0.2) is 13.1 Å². The van der Waals surface area contributed by atoms with E-state index in [9.17, 15) is 13.2 Å². The molecule has 1 unspecified atom stereocenters. The number of sulfonamides is 1. The van der Waals surface area contributed by atoms with Crippen LogP contribution in [0, 0.1) is 0 Å². The number of nitrogens with one attached hydrogen (secondary N) is 2. The highest BCUT2D eigenvalue weighted by Crippen LogP contribution is 2.36. The summed E-state index contributed by atoms with van der Waals surface area (Å²) in [5.41, 5.74) is 1.76. The molecule has 1 amide bonds. The molecule has 1 aliphatic rings. The van der Waals surface area contributed by atoms with Gasteiger partial charge in [0.2, 0.25) is 15.9 Å². The molecular weight excluding hydrogens is 406 g/mol. The molecule has 3 rings (SSSR count). The lowest BCUT2D eigenvalue weighted by molar-refractivity contribution is -0.116. The van der Waals surface area contributed by atoms with Crippen LogP contribution in [0.25, 0.3) is 0 Å². The van der Waals surface area contributed by atoms with Gasteiger partial charge < -0.3 is 5.32 Å². The van der Waals surface area contributed by atoms with Crippen LogP contribution in [-0.2, 0) is 21.4 Å². The molecule has 1 atom stereocenters. The number of benzene rings is 2. The van der Waals surface area contributed by atoms with Gasteiger partial charge >= 0.3 is 0 Å². The highest BCUT2D eigenvalue weighted by molar-refractivity contribution is 8.00. The third-order valence-corrected chi connectivity index (χ3v) is 7.39. The zero-order chi connectivity index (χ0) is 20.9. The van der Waals surface area contributed by atoms with E-state index in [1.807, 2.05) is 25.1 Å². The van der Waals surface area contributed by atoms with Crippen molar-refractivity contribution in [3.63, 3.8) is 0 Å². The van der Waals surface area contributed by atoms with E-state index in [1.165, 1.54) is 5.56 Å². The van der Waals surface area contributed by atoms with Crippen molar-refractivity contribution in [1.29, 1.82) is 0 Å². The van der Waals surface area contributed by atoms with Crippen LogP contribution in [0.1, 0.15) is 25.8 Å². The number of rotatable bonds is 8. The average molecular weight is 434 g/mol. The number of carbonyl (C=O) groups is 1. The first-order chi connectivity index (χ1) is 13.9. The van der Waals surface area contributed by atoms with E-state index >= 15 is 0 Å². The van der Waals surface area contributed by atoms with Gasteiger partial charge in [-0.15, -0.1) is 11.8 Å². The lowest BCUT2D eigenvalue weighted by Crippen LogP contribution is -2.34. The number of anilines is 1. The molecule has 0 spiro atoms. The molecule has 29 heavy (non-hydrogen) atoms. The molecule has 0 saturated heterocycles. The highest BCUT2D eigenvalue weighted by Gasteiger charge is 2.22. The maximum absolute atomic E-state index is 12.7. The Bertz CT molecular complexity index is 949. The second kappa shape index (κ2) is 9.75. The Morgan fingerprint density at radius 2 is 1.97 bits per heavy atom. The van der Waals surface area contributed by atoms with Gasteiger partial charge in [-0.1, -0.05) is 44.2 Å². The van der Waals surface area contributed by atoms with Crippen molar-refractivity contribution in [2.24, 2.45) is 0 Å². The predicted molar refractivity (Wildman–Crippen MR) is 118 cm³/mol. The first kappa shape index (κ1) is 21.8. The molecule has 2 N–H and O–H groups in total. The standard InChI is InChI=1S/C21H27N3O3S2/c1-3-24(15-17-7-5-4-6-8-17)12-11-22-29(26,27)18-9-10-20-19(14-18)23-21(25)13-16(2)28-20/h4-10,14,16,22H,3,11-13,15H2,1-2H3,(H,23,25). The van der Waals surface area contributed by atoms with Gasteiger partial charge in [-0.3, -0.25) is 9.69 Å². The monoisotopic (exact) mass is 433 g/mol. The van der Waals surface area contributed by atoms with Gasteiger partial charge in [-0.05, 0) is 30.3 Å². The maximum atomic E-state index is 12.7. The van der Waals surface area contributed by atoms with E-state index in [2.05, 4.69) is 34.0 Å². The number of hydrogen-bond donors (Lipinski definition) is 2. The number of amides is 1. The molecule has 0 radical (unpaired) electrons. The van der Waals surface area contributed by atoms with Crippen molar-refractivity contribution < 1.29 is 13.2 Å². The molecule has 156 valence electrons. The fourth-order valence-electron chi connectivity index (χ4n) is 3.21. The molecule has 0 aliphatic carbocycles. The summed E-state index contributed by atoms with van der Waals surface area (Å²) < 4.78 is 28.1. The molecular formula is C21H27N3O3S2. The molecule has 0 aromatic heterocycles. The zero-order valence-electron chi connectivity index (χ0n) is 16.7. The van der Waals surface area contributed by atoms with Crippen LogP contribution < -0.4 is 10.0 Å². The van der Waals surface area contributed by atoms with Crippen molar-refractivity contribution in [2.75, 3.05) is 25.0 Å². The fraction of sp³-hybridized carbons (Fsp3) is 0.381. The molecule has 1 aliphatic heterocycles. The van der Waals surface area contributed by atoms with Gasteiger partial charge in [-0.2, -0.15) is 0 Å². The largest absolute Gasteiger partial charge is 0.325 e. The van der Waals surface area contributed by atoms with Crippen LogP contribution in [0.3, 0.4) is 0 Å². The first-order valence-electron chi connectivity index (χ1n) is 9.74. The molecule has 6 nitrogen and oxygen atoms in total. The van der Waals surface area contributed by atoms with Crippen molar-refractivity contribution in [3.05, 3.63) is 54.1 Å². The lowest BCUT2D eigenvalue weighted by atomic mass is 10.2. The smallest absolute Gasteiger partial charge is 0.240 e. The second-order valence-electron chi connectivity index (χ2n) is 7.09. The van der Waals surface area contributed by atoms with Gasteiger partial charge in [0.25, 0.3) is 0 Å². The lowest BCUT2D eigenvalue weighted by Gasteiger charge is -2.20. The van der Waals surface area contributed by atoms with E-state index < -0.39 is 10.0 Å². The van der Waals surface area contributed by atoms with E-state index in [0.717, 1.165) is 18.0 Å². The second-order valence-corrected chi connectivity index (χ2v) is 10.3. The predicted octanol–water partition coefficient (Wildman–Crippen LogP) is 3.31. The Balaban J connectivity index is 1.63. The molecule has 2 aromatic rings. The summed E-state index contributed by atoms with van der Waals surface area (Å²) in [4.78, 5) is 15.2. The SMILES string of the molecule is CCN(CCNS(=O)(=O)c1ccc2c(c1)NC(=O)CC(C)S2)Cc1ccccc1. The summed E-state index contributed by atoms with van der Waals surface area (Å²) in [5, 5.41) is 2.97. The minimum atomic E-state index is -3.65. The van der Waals surface area contributed by atoms with Gasteiger partial charge in [0.1, 0.15) is 0 Å². The van der Waals surface area contributed by atoms with Crippen molar-refractivity contribution in [1.82, 2.24) is 9.62 Å². The average Bonchev–Trinajstić information content (AvgIpc) is 2.83. The van der Waals surface area contributed by atoms with Gasteiger partial charge in [0.15, 0.2) is 0 Å². The Hall–Kier alpha value is -1.87.